The van der Waals surface area contributed by atoms with Crippen LogP contribution in [0, 0.1) is 0 Å². The number of carbonyl (C=O) groups excluding carboxylic acids is 2. The highest BCUT2D eigenvalue weighted by molar-refractivity contribution is 7.14. The Morgan fingerprint density at radius 2 is 2.12 bits per heavy atom. The number of amides is 3. The van der Waals surface area contributed by atoms with Gasteiger partial charge in [0, 0.05) is 30.6 Å². The summed E-state index contributed by atoms with van der Waals surface area (Å²) >= 11 is 1.45. The van der Waals surface area contributed by atoms with Crippen LogP contribution in [0.4, 0.5) is 10.6 Å². The maximum Gasteiger partial charge on any atom is 0.323 e. The molecule has 0 radical (unpaired) electrons. The average Bonchev–Trinajstić information content (AvgIpc) is 3.32. The average molecular weight is 361 g/mol. The van der Waals surface area contributed by atoms with Gasteiger partial charge in [-0.25, -0.2) is 9.48 Å². The lowest BCUT2D eigenvalue weighted by molar-refractivity contribution is 0.0967. The molecule has 1 aliphatic heterocycles. The second-order valence-electron chi connectivity index (χ2n) is 6.32. The third kappa shape index (κ3) is 3.53. The molecule has 0 spiro atoms. The quantitative estimate of drug-likeness (QED) is 0.877. The van der Waals surface area contributed by atoms with E-state index in [2.05, 4.69) is 15.7 Å². The summed E-state index contributed by atoms with van der Waals surface area (Å²) in [5, 5.41) is 9.85. The normalized spacial score (nSPS) is 17.1. The summed E-state index contributed by atoms with van der Waals surface area (Å²) in [4.78, 5) is 28.1. The van der Waals surface area contributed by atoms with E-state index in [0.29, 0.717) is 17.2 Å². The van der Waals surface area contributed by atoms with Crippen molar-refractivity contribution in [2.45, 2.75) is 38.8 Å². The molecule has 2 N–H and O–H groups in total. The fraction of sp³-hybridized carbons (Fsp3) is 0.471. The minimum Gasteiger partial charge on any atom is -0.354 e. The van der Waals surface area contributed by atoms with Crippen molar-refractivity contribution in [3.05, 3.63) is 34.2 Å². The van der Waals surface area contributed by atoms with Gasteiger partial charge in [0.1, 0.15) is 5.82 Å². The summed E-state index contributed by atoms with van der Waals surface area (Å²) in [7, 11) is 1.62. The van der Waals surface area contributed by atoms with E-state index in [9.17, 15) is 9.59 Å². The lowest BCUT2D eigenvalue weighted by Gasteiger charge is -2.24. The summed E-state index contributed by atoms with van der Waals surface area (Å²) in [6.07, 6.45) is 3.55. The predicted octanol–water partition coefficient (Wildman–Crippen LogP) is 3.25. The summed E-state index contributed by atoms with van der Waals surface area (Å²) in [6.45, 7) is 4.75. The Morgan fingerprint density at radius 3 is 2.84 bits per heavy atom. The zero-order chi connectivity index (χ0) is 18.0. The number of urea groups is 1. The molecule has 1 saturated heterocycles. The molecule has 0 unspecified atom stereocenters. The minimum atomic E-state index is -0.125. The molecule has 3 heterocycles. The fourth-order valence-corrected chi connectivity index (χ4v) is 4.19. The van der Waals surface area contributed by atoms with Crippen molar-refractivity contribution in [1.82, 2.24) is 20.0 Å². The van der Waals surface area contributed by atoms with Crippen molar-refractivity contribution >= 4 is 29.1 Å². The number of carbonyl (C=O) groups is 2. The fourth-order valence-electron chi connectivity index (χ4n) is 3.09. The predicted molar refractivity (Wildman–Crippen MR) is 98.0 cm³/mol. The number of hydrogen-bond donors (Lipinski definition) is 2. The van der Waals surface area contributed by atoms with E-state index in [1.54, 1.807) is 24.0 Å². The van der Waals surface area contributed by atoms with Crippen LogP contribution in [0.1, 0.15) is 53.3 Å². The van der Waals surface area contributed by atoms with Crippen molar-refractivity contribution in [2.75, 3.05) is 18.9 Å². The Labute approximate surface area is 151 Å². The van der Waals surface area contributed by atoms with Crippen molar-refractivity contribution in [3.8, 4) is 0 Å². The van der Waals surface area contributed by atoms with Gasteiger partial charge in [-0.2, -0.15) is 5.10 Å². The summed E-state index contributed by atoms with van der Waals surface area (Å²) in [5.41, 5.74) is 0. The first-order valence-corrected chi connectivity index (χ1v) is 9.26. The largest absolute Gasteiger partial charge is 0.354 e. The lowest BCUT2D eigenvalue weighted by atomic mass is 10.2. The van der Waals surface area contributed by atoms with E-state index >= 15 is 0 Å². The number of thiophene rings is 1. The van der Waals surface area contributed by atoms with Crippen LogP contribution in [0.5, 0.6) is 0 Å². The molecule has 134 valence electrons. The van der Waals surface area contributed by atoms with Gasteiger partial charge in [-0.15, -0.1) is 11.3 Å². The molecule has 3 amide bonds. The van der Waals surface area contributed by atoms with Gasteiger partial charge in [0.25, 0.3) is 5.91 Å². The van der Waals surface area contributed by atoms with E-state index < -0.39 is 0 Å². The van der Waals surface area contributed by atoms with Gasteiger partial charge in [-0.3, -0.25) is 10.1 Å². The Hall–Kier alpha value is -2.35. The maximum atomic E-state index is 12.8. The van der Waals surface area contributed by atoms with Crippen LogP contribution < -0.4 is 10.6 Å². The van der Waals surface area contributed by atoms with Crippen LogP contribution in [-0.2, 0) is 0 Å². The number of hydrogen-bond acceptors (Lipinski definition) is 4. The van der Waals surface area contributed by atoms with Gasteiger partial charge in [-0.1, -0.05) is 0 Å². The highest BCUT2D eigenvalue weighted by atomic mass is 32.1. The molecule has 0 saturated carbocycles. The van der Waals surface area contributed by atoms with Crippen LogP contribution in [0.3, 0.4) is 0 Å². The highest BCUT2D eigenvalue weighted by Crippen LogP contribution is 2.36. The second kappa shape index (κ2) is 7.26. The topological polar surface area (TPSA) is 79.3 Å². The van der Waals surface area contributed by atoms with Crippen molar-refractivity contribution < 1.29 is 9.59 Å². The number of nitrogens with zero attached hydrogens (tertiary/aromatic N) is 3. The molecule has 1 fully saturated rings. The summed E-state index contributed by atoms with van der Waals surface area (Å²) in [6, 6.07) is 5.63. The Morgan fingerprint density at radius 1 is 1.32 bits per heavy atom. The monoisotopic (exact) mass is 361 g/mol. The zero-order valence-corrected chi connectivity index (χ0v) is 15.5. The first kappa shape index (κ1) is 17.5. The maximum absolute atomic E-state index is 12.8. The van der Waals surface area contributed by atoms with Gasteiger partial charge in [0.05, 0.1) is 17.1 Å². The highest BCUT2D eigenvalue weighted by Gasteiger charge is 2.32. The van der Waals surface area contributed by atoms with Gasteiger partial charge in [-0.05, 0) is 38.8 Å². The third-order valence-electron chi connectivity index (χ3n) is 4.31. The Bertz CT molecular complexity index is 767. The molecule has 0 aliphatic carbocycles. The molecule has 1 atom stereocenters. The molecule has 3 rings (SSSR count). The second-order valence-corrected chi connectivity index (χ2v) is 7.43. The Balaban J connectivity index is 1.74. The van der Waals surface area contributed by atoms with Gasteiger partial charge in [0.2, 0.25) is 0 Å². The summed E-state index contributed by atoms with van der Waals surface area (Å²) < 4.78 is 1.79. The zero-order valence-electron chi connectivity index (χ0n) is 14.7. The van der Waals surface area contributed by atoms with Gasteiger partial charge in [0.15, 0.2) is 0 Å². The van der Waals surface area contributed by atoms with Crippen molar-refractivity contribution in [1.29, 1.82) is 0 Å². The minimum absolute atomic E-state index is 0.0128. The molecule has 1 aliphatic rings. The van der Waals surface area contributed by atoms with Crippen LogP contribution in [0.25, 0.3) is 0 Å². The number of rotatable bonds is 4. The molecular weight excluding hydrogens is 338 g/mol. The van der Waals surface area contributed by atoms with Crippen molar-refractivity contribution in [3.63, 3.8) is 0 Å². The van der Waals surface area contributed by atoms with Crippen LogP contribution in [0.2, 0.25) is 0 Å². The molecule has 8 heteroatoms. The molecule has 7 nitrogen and oxygen atoms in total. The van der Waals surface area contributed by atoms with Crippen LogP contribution in [0.15, 0.2) is 24.4 Å². The first-order chi connectivity index (χ1) is 12.0. The van der Waals surface area contributed by atoms with Crippen LogP contribution >= 0.6 is 11.3 Å². The number of aromatic nitrogens is 2. The molecule has 2 aromatic rings. The van der Waals surface area contributed by atoms with E-state index in [4.69, 9.17) is 0 Å². The van der Waals surface area contributed by atoms with Gasteiger partial charge >= 0.3 is 6.03 Å². The number of likely N-dealkylation sites (tertiary alicyclic amines) is 1. The number of anilines is 1. The van der Waals surface area contributed by atoms with E-state index in [1.807, 2.05) is 30.9 Å². The molecule has 25 heavy (non-hydrogen) atoms. The molecule has 2 aromatic heterocycles. The molecule has 0 bridgehead atoms. The molecule has 0 aromatic carbocycles. The van der Waals surface area contributed by atoms with E-state index in [1.165, 1.54) is 11.3 Å². The van der Waals surface area contributed by atoms with Gasteiger partial charge < -0.3 is 10.2 Å². The van der Waals surface area contributed by atoms with E-state index in [-0.39, 0.29) is 24.0 Å². The number of nitrogens with one attached hydrogen (secondary N) is 2. The summed E-state index contributed by atoms with van der Waals surface area (Å²) in [5.74, 6) is 0.606. The standard InChI is InChI=1S/C17H23N5O2S/c1-11(2)22-15(8-9-19-22)20-17(24)21-10-4-5-12(21)13-6-7-14(25-13)16(23)18-3/h6-9,11-12H,4-5,10H2,1-3H3,(H,18,23)(H,20,24)/t12-/m1/s1. The SMILES string of the molecule is CNC(=O)c1ccc([C@H]2CCCN2C(=O)Nc2ccnn2C(C)C)s1. The smallest absolute Gasteiger partial charge is 0.323 e. The first-order valence-electron chi connectivity index (χ1n) is 8.44. The van der Waals surface area contributed by atoms with Crippen LogP contribution in [-0.4, -0.2) is 40.2 Å². The Kier molecular flexibility index (Phi) is 5.08. The van der Waals surface area contributed by atoms with E-state index in [0.717, 1.165) is 17.7 Å². The molecular formula is C17H23N5O2S. The lowest BCUT2D eigenvalue weighted by Crippen LogP contribution is -2.34. The van der Waals surface area contributed by atoms with Crippen molar-refractivity contribution in [2.24, 2.45) is 0 Å². The third-order valence-corrected chi connectivity index (χ3v) is 5.50.